The fraction of sp³-hybridized carbons (Fsp3) is 0.500. The number of aliphatic carboxylic acids is 1. The van der Waals surface area contributed by atoms with Crippen molar-refractivity contribution in [3.05, 3.63) is 0 Å². The normalized spacial score (nSPS) is 13.3. The van der Waals surface area contributed by atoms with Gasteiger partial charge in [0.2, 0.25) is 0 Å². The highest BCUT2D eigenvalue weighted by atomic mass is 31.0. The fourth-order valence-electron chi connectivity index (χ4n) is 0.0713. The van der Waals surface area contributed by atoms with Crippen LogP contribution in [0.15, 0.2) is 0 Å². The molecule has 7 heavy (non-hydrogen) atoms. The zero-order valence-corrected chi connectivity index (χ0v) is 5.16. The Labute approximate surface area is 45.1 Å². The molecule has 40 valence electrons. The van der Waals surface area contributed by atoms with Gasteiger partial charge in [-0.3, -0.25) is 9.88 Å². The molecule has 0 saturated carbocycles. The van der Waals surface area contributed by atoms with Crippen LogP contribution < -0.4 is 5.09 Å². The summed E-state index contributed by atoms with van der Waals surface area (Å²) < 4.78 is 0. The second kappa shape index (κ2) is 3.00. The molecule has 0 fully saturated rings. The molecule has 0 aliphatic carbocycles. The predicted molar refractivity (Wildman–Crippen MR) is 32.8 cm³/mol. The van der Waals surface area contributed by atoms with Gasteiger partial charge in [-0.1, -0.05) is 9.39 Å². The number of nitrogens with one attached hydrogen (secondary N) is 1. The molecule has 0 bridgehead atoms. The van der Waals surface area contributed by atoms with Gasteiger partial charge in [-0.05, 0) is 0 Å². The van der Waals surface area contributed by atoms with Crippen LogP contribution in [0, 0.1) is 0 Å². The van der Waals surface area contributed by atoms with Crippen molar-refractivity contribution in [3.8, 4) is 0 Å². The van der Waals surface area contributed by atoms with Gasteiger partial charge in [-0.2, -0.15) is 0 Å². The van der Waals surface area contributed by atoms with Crippen LogP contribution in [0.3, 0.4) is 0 Å². The number of carboxylic acids is 1. The SMILES string of the molecule is BC(NP)C(=O)O. The minimum atomic E-state index is -0.838. The van der Waals surface area contributed by atoms with E-state index >= 15 is 0 Å². The molecule has 0 aliphatic heterocycles. The predicted octanol–water partition coefficient (Wildman–Crippen LogP) is -1.59. The fourth-order valence-corrected chi connectivity index (χ4v) is 0.214. The van der Waals surface area contributed by atoms with E-state index in [-0.39, 0.29) is 0 Å². The Kier molecular flexibility index (Phi) is 2.96. The van der Waals surface area contributed by atoms with E-state index in [1.54, 1.807) is 7.85 Å². The summed E-state index contributed by atoms with van der Waals surface area (Å²) in [6.07, 6.45) is 0. The Balaban J connectivity index is 3.34. The molecule has 0 saturated heterocycles. The van der Waals surface area contributed by atoms with Crippen molar-refractivity contribution in [2.24, 2.45) is 0 Å². The summed E-state index contributed by atoms with van der Waals surface area (Å²) in [7, 11) is 3.70. The van der Waals surface area contributed by atoms with Crippen LogP contribution in [0.5, 0.6) is 0 Å². The summed E-state index contributed by atoms with van der Waals surface area (Å²) in [6.45, 7) is 0. The summed E-state index contributed by atoms with van der Waals surface area (Å²) in [5, 5.41) is 10.6. The van der Waals surface area contributed by atoms with E-state index in [0.29, 0.717) is 0 Å². The van der Waals surface area contributed by atoms with Gasteiger partial charge in [0.15, 0.2) is 0 Å². The monoisotopic (exact) mass is 119 g/mol. The van der Waals surface area contributed by atoms with Crippen molar-refractivity contribution in [2.75, 3.05) is 0 Å². The highest BCUT2D eigenvalue weighted by Gasteiger charge is 2.04. The van der Waals surface area contributed by atoms with Crippen LogP contribution in [0.25, 0.3) is 0 Å². The van der Waals surface area contributed by atoms with Gasteiger partial charge in [-0.25, -0.2) is 0 Å². The van der Waals surface area contributed by atoms with Crippen LogP contribution in [-0.2, 0) is 4.79 Å². The maximum atomic E-state index is 9.85. The van der Waals surface area contributed by atoms with E-state index in [1.807, 2.05) is 0 Å². The van der Waals surface area contributed by atoms with E-state index in [9.17, 15) is 4.79 Å². The molecule has 2 atom stereocenters. The van der Waals surface area contributed by atoms with E-state index in [2.05, 4.69) is 14.5 Å². The zero-order valence-electron chi connectivity index (χ0n) is 4.01. The Bertz CT molecular complexity index is 78.1. The molecule has 3 nitrogen and oxygen atoms in total. The molecule has 0 heterocycles. The second-order valence-electron chi connectivity index (χ2n) is 1.23. The zero-order chi connectivity index (χ0) is 5.86. The molecule has 0 spiro atoms. The lowest BCUT2D eigenvalue weighted by Gasteiger charge is -1.99. The lowest BCUT2D eigenvalue weighted by Crippen LogP contribution is -2.29. The maximum absolute atomic E-state index is 9.85. The van der Waals surface area contributed by atoms with E-state index in [0.717, 1.165) is 0 Å². The third-order valence-corrected chi connectivity index (χ3v) is 1.12. The van der Waals surface area contributed by atoms with Crippen LogP contribution in [0.2, 0.25) is 0 Å². The standard InChI is InChI=1S/C2H7BNO2P/c3-1(4-7)2(5)6/h1,4H,3,7H2,(H,5,6). The van der Waals surface area contributed by atoms with Crippen molar-refractivity contribution < 1.29 is 9.90 Å². The Morgan fingerprint density at radius 2 is 2.43 bits per heavy atom. The number of rotatable bonds is 2. The first-order chi connectivity index (χ1) is 3.18. The Morgan fingerprint density at radius 3 is 2.43 bits per heavy atom. The molecular formula is C2H7BNO2P. The van der Waals surface area contributed by atoms with Crippen molar-refractivity contribution in [1.29, 1.82) is 0 Å². The number of hydrogen-bond donors (Lipinski definition) is 2. The molecular weight excluding hydrogens is 112 g/mol. The first-order valence-corrected chi connectivity index (χ1v) is 2.45. The average molecular weight is 119 g/mol. The van der Waals surface area contributed by atoms with E-state index in [1.165, 1.54) is 0 Å². The van der Waals surface area contributed by atoms with Crippen LogP contribution in [-0.4, -0.2) is 24.9 Å². The largest absolute Gasteiger partial charge is 0.481 e. The number of hydrogen-bond acceptors (Lipinski definition) is 2. The summed E-state index contributed by atoms with van der Waals surface area (Å²) in [6, 6.07) is 0. The molecule has 0 aromatic heterocycles. The van der Waals surface area contributed by atoms with Gasteiger partial charge in [-0.15, -0.1) is 0 Å². The third-order valence-electron chi connectivity index (χ3n) is 0.620. The summed E-state index contributed by atoms with van der Waals surface area (Å²) in [4.78, 5) is 9.85. The van der Waals surface area contributed by atoms with Gasteiger partial charge in [0.05, 0.1) is 5.94 Å². The number of carboxylic acid groups (broad SMARTS) is 1. The van der Waals surface area contributed by atoms with Crippen LogP contribution >= 0.6 is 9.39 Å². The van der Waals surface area contributed by atoms with E-state index < -0.39 is 11.9 Å². The van der Waals surface area contributed by atoms with Gasteiger partial charge in [0, 0.05) is 0 Å². The van der Waals surface area contributed by atoms with Crippen molar-refractivity contribution in [2.45, 2.75) is 5.94 Å². The highest BCUT2D eigenvalue weighted by molar-refractivity contribution is 7.14. The van der Waals surface area contributed by atoms with Crippen molar-refractivity contribution in [3.63, 3.8) is 0 Å². The lowest BCUT2D eigenvalue weighted by molar-refractivity contribution is -0.136. The molecule has 0 aromatic carbocycles. The molecule has 0 rings (SSSR count). The molecule has 2 N–H and O–H groups in total. The molecule has 5 heteroatoms. The summed E-state index contributed by atoms with van der Waals surface area (Å²) in [5.41, 5.74) is 0. The summed E-state index contributed by atoms with van der Waals surface area (Å²) in [5.74, 6) is -1.31. The van der Waals surface area contributed by atoms with Crippen molar-refractivity contribution in [1.82, 2.24) is 5.09 Å². The Morgan fingerprint density at radius 1 is 2.00 bits per heavy atom. The number of carbonyl (C=O) groups is 1. The topological polar surface area (TPSA) is 49.3 Å². The first kappa shape index (κ1) is 6.92. The van der Waals surface area contributed by atoms with Crippen LogP contribution in [0.4, 0.5) is 0 Å². The molecule has 0 aliphatic rings. The van der Waals surface area contributed by atoms with Gasteiger partial charge in [0.1, 0.15) is 7.85 Å². The Hall–Kier alpha value is -0.0751. The maximum Gasteiger partial charge on any atom is 0.312 e. The molecule has 2 unspecified atom stereocenters. The quantitative estimate of drug-likeness (QED) is 0.340. The van der Waals surface area contributed by atoms with Crippen molar-refractivity contribution >= 4 is 23.2 Å². The van der Waals surface area contributed by atoms with Gasteiger partial charge in [0.25, 0.3) is 0 Å². The minimum Gasteiger partial charge on any atom is -0.481 e. The van der Waals surface area contributed by atoms with Gasteiger partial charge < -0.3 is 5.11 Å². The second-order valence-corrected chi connectivity index (χ2v) is 1.56. The van der Waals surface area contributed by atoms with Gasteiger partial charge >= 0.3 is 5.97 Å². The third kappa shape index (κ3) is 2.60. The highest BCUT2D eigenvalue weighted by Crippen LogP contribution is 1.77. The first-order valence-electron chi connectivity index (χ1n) is 1.87. The molecule has 0 aromatic rings. The smallest absolute Gasteiger partial charge is 0.312 e. The lowest BCUT2D eigenvalue weighted by atomic mass is 9.99. The van der Waals surface area contributed by atoms with E-state index in [4.69, 9.17) is 5.11 Å². The van der Waals surface area contributed by atoms with Crippen LogP contribution in [0.1, 0.15) is 0 Å². The minimum absolute atomic E-state index is 0.468. The average Bonchev–Trinajstić information content (AvgIpc) is 1.65. The summed E-state index contributed by atoms with van der Waals surface area (Å²) >= 11 is 0. The molecule has 0 amide bonds. The molecule has 0 radical (unpaired) electrons.